The van der Waals surface area contributed by atoms with Gasteiger partial charge in [-0.25, -0.2) is 0 Å². The highest BCUT2D eigenvalue weighted by molar-refractivity contribution is 5.86. The number of nitrogens with one attached hydrogen (secondary N) is 2. The first kappa shape index (κ1) is 25.0. The summed E-state index contributed by atoms with van der Waals surface area (Å²) in [5, 5.41) is 23.5. The molecule has 3 heterocycles. The molecular formula is C28H32N6O2. The van der Waals surface area contributed by atoms with Crippen molar-refractivity contribution in [3.05, 3.63) is 77.2 Å². The van der Waals surface area contributed by atoms with Crippen LogP contribution in [0, 0.1) is 18.3 Å². The molecule has 1 fully saturated rings. The number of hydrogen-bond acceptors (Lipinski definition) is 7. The second-order valence-corrected chi connectivity index (χ2v) is 8.62. The molecule has 186 valence electrons. The molecule has 1 saturated heterocycles. The van der Waals surface area contributed by atoms with Gasteiger partial charge in [0.2, 0.25) is 0 Å². The normalized spacial score (nSPS) is 13.1. The number of nitrogen functional groups attached to an aromatic ring is 1. The van der Waals surface area contributed by atoms with Crippen molar-refractivity contribution in [1.29, 1.82) is 5.26 Å². The summed E-state index contributed by atoms with van der Waals surface area (Å²) in [6.45, 7) is 6.82. The molecule has 0 atom stereocenters. The lowest BCUT2D eigenvalue weighted by Crippen LogP contribution is -2.37. The SMILES string of the molecule is CCc1c[nH]c2c(C)cccc12.N#Cc1c(N)ccc(Nc2ccnc(CO)c2)c1N1CCOCC1. The van der Waals surface area contributed by atoms with Crippen LogP contribution in [0.4, 0.5) is 22.7 Å². The maximum Gasteiger partial charge on any atom is 0.104 e. The zero-order valence-electron chi connectivity index (χ0n) is 20.7. The third-order valence-corrected chi connectivity index (χ3v) is 6.30. The minimum Gasteiger partial charge on any atom is -0.398 e. The fraction of sp³-hybridized carbons (Fsp3) is 0.286. The summed E-state index contributed by atoms with van der Waals surface area (Å²) in [5.74, 6) is 0. The lowest BCUT2D eigenvalue weighted by Gasteiger charge is -2.31. The van der Waals surface area contributed by atoms with E-state index in [1.54, 1.807) is 18.3 Å². The standard InChI is InChI=1S/C17H19N5O2.C11H13N/c18-10-14-15(19)1-2-16(17(14)22-5-7-24-8-6-22)21-12-3-4-20-13(9-12)11-23;1-3-9-7-12-11-8(2)5-4-6-10(9)11/h1-4,9,23H,5-8,11,19H2,(H,20,21);4-7,12H,3H2,1-2H3. The Labute approximate surface area is 211 Å². The van der Waals surface area contributed by atoms with E-state index in [-0.39, 0.29) is 6.61 Å². The number of morpholine rings is 1. The number of para-hydroxylation sites is 1. The maximum atomic E-state index is 9.54. The van der Waals surface area contributed by atoms with Crippen molar-refractivity contribution >= 4 is 33.7 Å². The Bertz CT molecular complexity index is 1370. The fourth-order valence-electron chi connectivity index (χ4n) is 4.39. The third-order valence-electron chi connectivity index (χ3n) is 6.30. The molecule has 0 unspecified atom stereocenters. The van der Waals surface area contributed by atoms with Crippen molar-refractivity contribution in [3.8, 4) is 6.07 Å². The van der Waals surface area contributed by atoms with E-state index in [0.29, 0.717) is 43.2 Å². The molecule has 8 nitrogen and oxygen atoms in total. The molecule has 0 spiro atoms. The molecule has 1 aliphatic heterocycles. The second-order valence-electron chi connectivity index (χ2n) is 8.62. The summed E-state index contributed by atoms with van der Waals surface area (Å²) < 4.78 is 5.40. The number of ether oxygens (including phenoxy) is 1. The highest BCUT2D eigenvalue weighted by Crippen LogP contribution is 2.36. The fourth-order valence-corrected chi connectivity index (χ4v) is 4.39. The Morgan fingerprint density at radius 1 is 1.22 bits per heavy atom. The van der Waals surface area contributed by atoms with Crippen LogP contribution in [0.25, 0.3) is 10.9 Å². The van der Waals surface area contributed by atoms with Crippen molar-refractivity contribution in [3.63, 3.8) is 0 Å². The maximum absolute atomic E-state index is 9.54. The topological polar surface area (TPSA) is 123 Å². The van der Waals surface area contributed by atoms with Gasteiger partial charge < -0.3 is 30.8 Å². The van der Waals surface area contributed by atoms with Crippen molar-refractivity contribution in [1.82, 2.24) is 9.97 Å². The third kappa shape index (κ3) is 5.43. The predicted molar refractivity (Wildman–Crippen MR) is 144 cm³/mol. The number of aromatic nitrogens is 2. The molecule has 2 aromatic carbocycles. The van der Waals surface area contributed by atoms with Crippen LogP contribution in [0.3, 0.4) is 0 Å². The first-order chi connectivity index (χ1) is 17.5. The Morgan fingerprint density at radius 3 is 2.75 bits per heavy atom. The average molecular weight is 485 g/mol. The number of anilines is 4. The second kappa shape index (κ2) is 11.6. The van der Waals surface area contributed by atoms with Crippen LogP contribution in [0.2, 0.25) is 0 Å². The molecule has 5 rings (SSSR count). The van der Waals surface area contributed by atoms with Crippen LogP contribution >= 0.6 is 0 Å². The van der Waals surface area contributed by atoms with E-state index < -0.39 is 0 Å². The molecule has 0 saturated carbocycles. The Morgan fingerprint density at radius 2 is 2.03 bits per heavy atom. The van der Waals surface area contributed by atoms with Gasteiger partial charge in [0.25, 0.3) is 0 Å². The van der Waals surface area contributed by atoms with Gasteiger partial charge in [-0.15, -0.1) is 0 Å². The highest BCUT2D eigenvalue weighted by atomic mass is 16.5. The minimum atomic E-state index is -0.128. The van der Waals surface area contributed by atoms with Crippen LogP contribution in [-0.2, 0) is 17.8 Å². The summed E-state index contributed by atoms with van der Waals surface area (Å²) in [7, 11) is 0. The number of benzene rings is 2. The quantitative estimate of drug-likeness (QED) is 0.304. The van der Waals surface area contributed by atoms with Gasteiger partial charge in [0.1, 0.15) is 11.6 Å². The largest absolute Gasteiger partial charge is 0.398 e. The first-order valence-electron chi connectivity index (χ1n) is 12.1. The summed E-state index contributed by atoms with van der Waals surface area (Å²) in [4.78, 5) is 9.48. The average Bonchev–Trinajstić information content (AvgIpc) is 3.35. The van der Waals surface area contributed by atoms with Crippen molar-refractivity contribution in [2.75, 3.05) is 42.3 Å². The van der Waals surface area contributed by atoms with Gasteiger partial charge in [-0.05, 0) is 48.7 Å². The molecule has 8 heteroatoms. The molecular weight excluding hydrogens is 452 g/mol. The van der Waals surface area contributed by atoms with E-state index in [2.05, 4.69) is 64.5 Å². The summed E-state index contributed by atoms with van der Waals surface area (Å²) in [5.41, 5.74) is 13.9. The Kier molecular flexibility index (Phi) is 8.06. The smallest absolute Gasteiger partial charge is 0.104 e. The van der Waals surface area contributed by atoms with Gasteiger partial charge in [-0.2, -0.15) is 5.26 Å². The van der Waals surface area contributed by atoms with Crippen LogP contribution in [0.15, 0.2) is 54.9 Å². The van der Waals surface area contributed by atoms with Crippen molar-refractivity contribution in [2.45, 2.75) is 26.9 Å². The predicted octanol–water partition coefficient (Wildman–Crippen LogP) is 4.65. The van der Waals surface area contributed by atoms with Gasteiger partial charge in [0, 0.05) is 42.1 Å². The number of rotatable bonds is 5. The van der Waals surface area contributed by atoms with Gasteiger partial charge in [0.05, 0.1) is 42.6 Å². The van der Waals surface area contributed by atoms with Crippen LogP contribution in [0.1, 0.15) is 29.3 Å². The monoisotopic (exact) mass is 484 g/mol. The van der Waals surface area contributed by atoms with Gasteiger partial charge in [-0.1, -0.05) is 25.1 Å². The number of fused-ring (bicyclic) bond motifs is 1. The number of aryl methyl sites for hydroxylation is 2. The number of nitriles is 1. The molecule has 4 aromatic rings. The van der Waals surface area contributed by atoms with Gasteiger partial charge in [-0.3, -0.25) is 4.98 Å². The van der Waals surface area contributed by atoms with E-state index in [1.807, 2.05) is 12.1 Å². The van der Waals surface area contributed by atoms with Gasteiger partial charge >= 0.3 is 0 Å². The number of nitrogens with two attached hydrogens (primary N) is 1. The number of H-pyrrole nitrogens is 1. The molecule has 36 heavy (non-hydrogen) atoms. The van der Waals surface area contributed by atoms with E-state index >= 15 is 0 Å². The number of aliphatic hydroxyl groups excluding tert-OH is 1. The first-order valence-corrected chi connectivity index (χ1v) is 12.1. The Hall–Kier alpha value is -4.06. The lowest BCUT2D eigenvalue weighted by atomic mass is 10.1. The molecule has 2 aromatic heterocycles. The summed E-state index contributed by atoms with van der Waals surface area (Å²) in [6, 6.07) is 15.8. The van der Waals surface area contributed by atoms with E-state index in [0.717, 1.165) is 23.5 Å². The zero-order valence-corrected chi connectivity index (χ0v) is 20.7. The van der Waals surface area contributed by atoms with Crippen molar-refractivity contribution < 1.29 is 9.84 Å². The molecule has 0 aliphatic carbocycles. The number of pyridine rings is 1. The van der Waals surface area contributed by atoms with E-state index in [9.17, 15) is 10.4 Å². The molecule has 0 bridgehead atoms. The number of aromatic amines is 1. The molecule has 0 amide bonds. The van der Waals surface area contributed by atoms with Gasteiger partial charge in [0.15, 0.2) is 0 Å². The Balaban J connectivity index is 0.000000211. The molecule has 0 radical (unpaired) electrons. The number of nitrogens with zero attached hydrogens (tertiary/aromatic N) is 3. The van der Waals surface area contributed by atoms with Crippen LogP contribution in [0.5, 0.6) is 0 Å². The van der Waals surface area contributed by atoms with Crippen molar-refractivity contribution in [2.24, 2.45) is 0 Å². The van der Waals surface area contributed by atoms with E-state index in [4.69, 9.17) is 10.5 Å². The highest BCUT2D eigenvalue weighted by Gasteiger charge is 2.21. The zero-order chi connectivity index (χ0) is 25.5. The minimum absolute atomic E-state index is 0.128. The number of aliphatic hydroxyl groups is 1. The summed E-state index contributed by atoms with van der Waals surface area (Å²) >= 11 is 0. The molecule has 1 aliphatic rings. The number of hydrogen-bond donors (Lipinski definition) is 4. The van der Waals surface area contributed by atoms with Crippen LogP contribution in [-0.4, -0.2) is 41.4 Å². The molecule has 5 N–H and O–H groups in total. The summed E-state index contributed by atoms with van der Waals surface area (Å²) in [6.07, 6.45) is 4.84. The lowest BCUT2D eigenvalue weighted by molar-refractivity contribution is 0.123. The van der Waals surface area contributed by atoms with E-state index in [1.165, 1.54) is 22.0 Å². The van der Waals surface area contributed by atoms with Crippen LogP contribution < -0.4 is 16.0 Å².